The van der Waals surface area contributed by atoms with Crippen molar-refractivity contribution >= 4 is 5.69 Å². The number of nitrogens with two attached hydrogens (primary N) is 1. The maximum atomic E-state index is 12.9. The second-order valence-electron chi connectivity index (χ2n) is 5.30. The van der Waals surface area contributed by atoms with E-state index >= 15 is 0 Å². The van der Waals surface area contributed by atoms with Gasteiger partial charge in [-0.15, -0.1) is 0 Å². The van der Waals surface area contributed by atoms with Crippen LogP contribution < -0.4 is 10.6 Å². The highest BCUT2D eigenvalue weighted by atomic mass is 19.1. The summed E-state index contributed by atoms with van der Waals surface area (Å²) in [6.45, 7) is 4.18. The Morgan fingerprint density at radius 1 is 1.17 bits per heavy atom. The lowest BCUT2D eigenvalue weighted by Gasteiger charge is -2.32. The lowest BCUT2D eigenvalue weighted by Crippen LogP contribution is -2.34. The topological polar surface area (TPSA) is 29.3 Å². The predicted molar refractivity (Wildman–Crippen MR) is 74.2 cm³/mol. The molecule has 0 unspecified atom stereocenters. The normalized spacial score (nSPS) is 23.9. The van der Waals surface area contributed by atoms with Crippen LogP contribution in [-0.2, 0) is 0 Å². The summed E-state index contributed by atoms with van der Waals surface area (Å²) in [4.78, 5) is 2.33. The van der Waals surface area contributed by atoms with Crippen LogP contribution in [0.2, 0.25) is 0 Å². The first-order valence-corrected chi connectivity index (χ1v) is 6.95. The minimum atomic E-state index is -0.168. The molecule has 0 radical (unpaired) electrons. The molecule has 0 heterocycles. The van der Waals surface area contributed by atoms with Crippen LogP contribution in [0.3, 0.4) is 0 Å². The van der Waals surface area contributed by atoms with E-state index in [4.69, 9.17) is 5.73 Å². The Morgan fingerprint density at radius 3 is 2.33 bits per heavy atom. The van der Waals surface area contributed by atoms with Gasteiger partial charge < -0.3 is 10.6 Å². The van der Waals surface area contributed by atoms with Crippen LogP contribution >= 0.6 is 0 Å². The fourth-order valence-corrected chi connectivity index (χ4v) is 2.75. The molecule has 0 atom stereocenters. The number of hydrogen-bond acceptors (Lipinski definition) is 2. The van der Waals surface area contributed by atoms with Gasteiger partial charge in [0, 0.05) is 24.8 Å². The average molecular weight is 250 g/mol. The minimum Gasteiger partial charge on any atom is -0.372 e. The van der Waals surface area contributed by atoms with Crippen LogP contribution in [0.25, 0.3) is 0 Å². The van der Waals surface area contributed by atoms with Gasteiger partial charge in [0.25, 0.3) is 0 Å². The molecule has 2 rings (SSSR count). The Bertz CT molecular complexity index is 355. The third kappa shape index (κ3) is 3.45. The molecule has 1 saturated carbocycles. The molecule has 0 saturated heterocycles. The third-order valence-electron chi connectivity index (χ3n) is 3.94. The first-order valence-electron chi connectivity index (χ1n) is 6.95. The van der Waals surface area contributed by atoms with E-state index in [2.05, 4.69) is 11.8 Å². The summed E-state index contributed by atoms with van der Waals surface area (Å²) in [6.07, 6.45) is 4.73. The Balaban J connectivity index is 1.94. The van der Waals surface area contributed by atoms with E-state index in [1.54, 1.807) is 0 Å². The van der Waals surface area contributed by atoms with Crippen LogP contribution in [0.5, 0.6) is 0 Å². The van der Waals surface area contributed by atoms with Crippen LogP contribution in [-0.4, -0.2) is 19.1 Å². The summed E-state index contributed by atoms with van der Waals surface area (Å²) in [6, 6.07) is 7.21. The van der Waals surface area contributed by atoms with Crippen LogP contribution in [0.1, 0.15) is 32.6 Å². The predicted octanol–water partition coefficient (Wildman–Crippen LogP) is 3.17. The quantitative estimate of drug-likeness (QED) is 0.889. The van der Waals surface area contributed by atoms with Crippen molar-refractivity contribution in [2.75, 3.05) is 18.0 Å². The second-order valence-corrected chi connectivity index (χ2v) is 5.30. The van der Waals surface area contributed by atoms with Crippen molar-refractivity contribution in [1.29, 1.82) is 0 Å². The van der Waals surface area contributed by atoms with Gasteiger partial charge in [-0.3, -0.25) is 0 Å². The Kier molecular flexibility index (Phi) is 4.59. The lowest BCUT2D eigenvalue weighted by molar-refractivity contribution is 0.328. The first kappa shape index (κ1) is 13.3. The maximum absolute atomic E-state index is 12.9. The van der Waals surface area contributed by atoms with Crippen molar-refractivity contribution in [3.63, 3.8) is 0 Å². The molecule has 0 aliphatic heterocycles. The van der Waals surface area contributed by atoms with E-state index < -0.39 is 0 Å². The van der Waals surface area contributed by atoms with E-state index in [-0.39, 0.29) is 5.82 Å². The summed E-state index contributed by atoms with van der Waals surface area (Å²) in [5.41, 5.74) is 7.05. The van der Waals surface area contributed by atoms with Crippen molar-refractivity contribution < 1.29 is 4.39 Å². The highest BCUT2D eigenvalue weighted by Gasteiger charge is 2.20. The summed E-state index contributed by atoms with van der Waals surface area (Å²) in [7, 11) is 0. The fraction of sp³-hybridized carbons (Fsp3) is 0.600. The maximum Gasteiger partial charge on any atom is 0.123 e. The van der Waals surface area contributed by atoms with E-state index in [1.807, 2.05) is 12.1 Å². The van der Waals surface area contributed by atoms with Gasteiger partial charge in [0.1, 0.15) is 5.82 Å². The molecule has 3 heteroatoms. The van der Waals surface area contributed by atoms with Gasteiger partial charge in [-0.25, -0.2) is 4.39 Å². The van der Waals surface area contributed by atoms with E-state index in [0.717, 1.165) is 37.5 Å². The van der Waals surface area contributed by atoms with Crippen LogP contribution in [0.15, 0.2) is 24.3 Å². The molecule has 2 nitrogen and oxygen atoms in total. The summed E-state index contributed by atoms with van der Waals surface area (Å²) in [5, 5.41) is 0. The van der Waals surface area contributed by atoms with Gasteiger partial charge in [0.2, 0.25) is 0 Å². The largest absolute Gasteiger partial charge is 0.372 e. The van der Waals surface area contributed by atoms with E-state index in [1.165, 1.54) is 25.0 Å². The van der Waals surface area contributed by atoms with Gasteiger partial charge in [-0.1, -0.05) is 0 Å². The second kappa shape index (κ2) is 6.19. The highest BCUT2D eigenvalue weighted by Crippen LogP contribution is 2.26. The fourth-order valence-electron chi connectivity index (χ4n) is 2.75. The smallest absolute Gasteiger partial charge is 0.123 e. The van der Waals surface area contributed by atoms with Crippen molar-refractivity contribution in [1.82, 2.24) is 0 Å². The first-order chi connectivity index (χ1) is 8.69. The van der Waals surface area contributed by atoms with Crippen molar-refractivity contribution in [2.45, 2.75) is 38.6 Å². The molecule has 1 aromatic carbocycles. The molecule has 1 fully saturated rings. The minimum absolute atomic E-state index is 0.168. The summed E-state index contributed by atoms with van der Waals surface area (Å²) in [5.74, 6) is 0.563. The van der Waals surface area contributed by atoms with Crippen LogP contribution in [0, 0.1) is 11.7 Å². The molecule has 100 valence electrons. The van der Waals surface area contributed by atoms with E-state index in [0.29, 0.717) is 6.04 Å². The van der Waals surface area contributed by atoms with Crippen molar-refractivity contribution in [3.8, 4) is 0 Å². The SMILES string of the molecule is CCN(CC1CCC(N)CC1)c1ccc(F)cc1. The molecular formula is C15H23FN2. The third-order valence-corrected chi connectivity index (χ3v) is 3.94. The van der Waals surface area contributed by atoms with E-state index in [9.17, 15) is 4.39 Å². The molecule has 18 heavy (non-hydrogen) atoms. The zero-order valence-corrected chi connectivity index (χ0v) is 11.1. The van der Waals surface area contributed by atoms with Gasteiger partial charge in [-0.05, 0) is 62.8 Å². The number of rotatable bonds is 4. The zero-order chi connectivity index (χ0) is 13.0. The highest BCUT2D eigenvalue weighted by molar-refractivity contribution is 5.46. The Labute approximate surface area is 109 Å². The summed E-state index contributed by atoms with van der Waals surface area (Å²) < 4.78 is 12.9. The monoisotopic (exact) mass is 250 g/mol. The molecule has 0 spiro atoms. The molecule has 1 aromatic rings. The Morgan fingerprint density at radius 2 is 1.78 bits per heavy atom. The number of anilines is 1. The van der Waals surface area contributed by atoms with Crippen molar-refractivity contribution in [3.05, 3.63) is 30.1 Å². The van der Waals surface area contributed by atoms with Crippen LogP contribution in [0.4, 0.5) is 10.1 Å². The van der Waals surface area contributed by atoms with Gasteiger partial charge in [0.15, 0.2) is 0 Å². The van der Waals surface area contributed by atoms with Gasteiger partial charge >= 0.3 is 0 Å². The Hall–Kier alpha value is -1.09. The molecule has 0 aromatic heterocycles. The molecule has 0 bridgehead atoms. The number of benzene rings is 1. The molecule has 1 aliphatic carbocycles. The number of halogens is 1. The molecule has 1 aliphatic rings. The van der Waals surface area contributed by atoms with Gasteiger partial charge in [0.05, 0.1) is 0 Å². The standard InChI is InChI=1S/C15H23FN2/c1-2-18(15-9-5-13(16)6-10-15)11-12-3-7-14(17)8-4-12/h5-6,9-10,12,14H,2-4,7-8,11,17H2,1H3. The number of nitrogens with zero attached hydrogens (tertiary/aromatic N) is 1. The van der Waals surface area contributed by atoms with Gasteiger partial charge in [-0.2, -0.15) is 0 Å². The molecule has 0 amide bonds. The summed E-state index contributed by atoms with van der Waals surface area (Å²) >= 11 is 0. The number of hydrogen-bond donors (Lipinski definition) is 1. The zero-order valence-electron chi connectivity index (χ0n) is 11.1. The lowest BCUT2D eigenvalue weighted by atomic mass is 9.86. The molecule has 2 N–H and O–H groups in total. The van der Waals surface area contributed by atoms with Crippen molar-refractivity contribution in [2.24, 2.45) is 11.7 Å². The molecular weight excluding hydrogens is 227 g/mol. The average Bonchev–Trinajstić information content (AvgIpc) is 2.39.